The highest BCUT2D eigenvalue weighted by Gasteiger charge is 2.19. The van der Waals surface area contributed by atoms with Crippen molar-refractivity contribution in [2.75, 3.05) is 0 Å². The molecule has 6 heteroatoms. The molecule has 0 saturated carbocycles. The molecular weight excluding hydrogens is 257 g/mol. The van der Waals surface area contributed by atoms with Gasteiger partial charge in [-0.15, -0.1) is 0 Å². The normalized spacial score (nSPS) is 12.7. The number of hydrogen-bond acceptors (Lipinski definition) is 2. The molecule has 0 radical (unpaired) electrons. The summed E-state index contributed by atoms with van der Waals surface area (Å²) < 4.78 is 41.1. The van der Waals surface area contributed by atoms with Crippen molar-refractivity contribution < 1.29 is 18.3 Å². The second kappa shape index (κ2) is 5.44. The van der Waals surface area contributed by atoms with Crippen LogP contribution in [0.25, 0.3) is 0 Å². The zero-order valence-corrected chi connectivity index (χ0v) is 10.3. The average Bonchev–Trinajstić information content (AvgIpc) is 2.79. The molecule has 1 unspecified atom stereocenters. The molecule has 1 aromatic heterocycles. The van der Waals surface area contributed by atoms with Crippen LogP contribution in [0, 0.1) is 17.5 Å². The molecule has 0 aliphatic carbocycles. The largest absolute Gasteiger partial charge is 0.388 e. The summed E-state index contributed by atoms with van der Waals surface area (Å²) in [6.07, 6.45) is 2.74. The molecule has 0 saturated heterocycles. The van der Waals surface area contributed by atoms with Crippen molar-refractivity contribution in [1.29, 1.82) is 0 Å². The lowest BCUT2D eigenvalue weighted by Crippen LogP contribution is -2.07. The Balaban J connectivity index is 2.10. The molecule has 0 bridgehead atoms. The van der Waals surface area contributed by atoms with Crippen LogP contribution >= 0.6 is 0 Å². The number of aromatic nitrogens is 2. The first-order valence-electron chi connectivity index (χ1n) is 5.78. The van der Waals surface area contributed by atoms with Crippen LogP contribution in [0.1, 0.15) is 23.9 Å². The Labute approximate surface area is 108 Å². The maximum absolute atomic E-state index is 13.5. The number of rotatable bonds is 4. The van der Waals surface area contributed by atoms with Gasteiger partial charge in [0.1, 0.15) is 5.82 Å². The summed E-state index contributed by atoms with van der Waals surface area (Å²) in [6.45, 7) is 0. The van der Waals surface area contributed by atoms with Crippen LogP contribution in [-0.4, -0.2) is 14.7 Å². The van der Waals surface area contributed by atoms with Crippen LogP contribution in [0.4, 0.5) is 13.2 Å². The smallest absolute Gasteiger partial charge is 0.194 e. The van der Waals surface area contributed by atoms with Gasteiger partial charge >= 0.3 is 0 Å². The van der Waals surface area contributed by atoms with Crippen LogP contribution in [0.15, 0.2) is 24.5 Å². The van der Waals surface area contributed by atoms with Gasteiger partial charge in [0.05, 0.1) is 6.10 Å². The lowest BCUT2D eigenvalue weighted by atomic mass is 10.0. The lowest BCUT2D eigenvalue weighted by molar-refractivity contribution is 0.160. The summed E-state index contributed by atoms with van der Waals surface area (Å²) in [5.41, 5.74) is -0.242. The van der Waals surface area contributed by atoms with Crippen molar-refractivity contribution in [2.45, 2.75) is 18.9 Å². The van der Waals surface area contributed by atoms with E-state index in [1.165, 1.54) is 0 Å². The van der Waals surface area contributed by atoms with Crippen LogP contribution in [0.5, 0.6) is 0 Å². The molecule has 3 nitrogen and oxygen atoms in total. The molecule has 0 amide bonds. The van der Waals surface area contributed by atoms with Gasteiger partial charge in [-0.1, -0.05) is 6.07 Å². The molecule has 2 rings (SSSR count). The highest BCUT2D eigenvalue weighted by atomic mass is 19.2. The Morgan fingerprint density at radius 3 is 2.63 bits per heavy atom. The maximum atomic E-state index is 13.5. The van der Waals surface area contributed by atoms with Crippen LogP contribution in [-0.2, 0) is 13.5 Å². The van der Waals surface area contributed by atoms with Gasteiger partial charge in [0.15, 0.2) is 17.5 Å². The lowest BCUT2D eigenvalue weighted by Gasteiger charge is -2.12. The average molecular weight is 270 g/mol. The standard InChI is InChI=1S/C13H13F3N2O/c1-18-7-6-17-11(18)5-4-10(19)8-2-3-9(14)13(16)12(8)15/h2-3,6-7,10,19H,4-5H2,1H3. The molecule has 0 aliphatic heterocycles. The van der Waals surface area contributed by atoms with E-state index >= 15 is 0 Å². The molecule has 1 atom stereocenters. The van der Waals surface area contributed by atoms with Crippen molar-refractivity contribution in [3.8, 4) is 0 Å². The fourth-order valence-electron chi connectivity index (χ4n) is 1.86. The SMILES string of the molecule is Cn1ccnc1CCC(O)c1ccc(F)c(F)c1F. The number of aliphatic hydroxyl groups excluding tert-OH is 1. The Bertz CT molecular complexity index is 583. The molecule has 1 aromatic carbocycles. The van der Waals surface area contributed by atoms with E-state index in [2.05, 4.69) is 4.98 Å². The third kappa shape index (κ3) is 2.78. The first-order chi connectivity index (χ1) is 9.00. The molecule has 0 spiro atoms. The van der Waals surface area contributed by atoms with Gasteiger partial charge in [-0.05, 0) is 12.5 Å². The predicted molar refractivity (Wildman–Crippen MR) is 62.8 cm³/mol. The molecule has 19 heavy (non-hydrogen) atoms. The molecule has 0 aliphatic rings. The molecule has 0 fully saturated rings. The van der Waals surface area contributed by atoms with E-state index < -0.39 is 23.6 Å². The van der Waals surface area contributed by atoms with Crippen LogP contribution in [0.2, 0.25) is 0 Å². The van der Waals surface area contributed by atoms with Crippen molar-refractivity contribution in [1.82, 2.24) is 9.55 Å². The number of imidazole rings is 1. The van der Waals surface area contributed by atoms with Crippen molar-refractivity contribution >= 4 is 0 Å². The predicted octanol–water partition coefficient (Wildman–Crippen LogP) is 2.50. The summed E-state index contributed by atoms with van der Waals surface area (Å²) in [4.78, 5) is 4.06. The van der Waals surface area contributed by atoms with E-state index in [-0.39, 0.29) is 12.0 Å². The van der Waals surface area contributed by atoms with E-state index in [1.54, 1.807) is 24.0 Å². The monoisotopic (exact) mass is 270 g/mol. The topological polar surface area (TPSA) is 38.0 Å². The first-order valence-corrected chi connectivity index (χ1v) is 5.78. The van der Waals surface area contributed by atoms with Crippen LogP contribution in [0.3, 0.4) is 0 Å². The minimum Gasteiger partial charge on any atom is -0.388 e. The molecule has 1 N–H and O–H groups in total. The van der Waals surface area contributed by atoms with E-state index in [1.807, 2.05) is 0 Å². The van der Waals surface area contributed by atoms with E-state index in [9.17, 15) is 18.3 Å². The Morgan fingerprint density at radius 2 is 2.00 bits per heavy atom. The third-order valence-electron chi connectivity index (χ3n) is 2.99. The zero-order valence-electron chi connectivity index (χ0n) is 10.3. The number of benzene rings is 1. The van der Waals surface area contributed by atoms with Gasteiger partial charge in [-0.25, -0.2) is 18.2 Å². The van der Waals surface area contributed by atoms with Crippen molar-refractivity contribution in [3.05, 3.63) is 53.4 Å². The number of hydrogen-bond donors (Lipinski definition) is 1. The fraction of sp³-hybridized carbons (Fsp3) is 0.308. The Morgan fingerprint density at radius 1 is 1.26 bits per heavy atom. The second-order valence-electron chi connectivity index (χ2n) is 4.27. The summed E-state index contributed by atoms with van der Waals surface area (Å²) in [6, 6.07) is 1.86. The van der Waals surface area contributed by atoms with Crippen molar-refractivity contribution in [3.63, 3.8) is 0 Å². The molecular formula is C13H13F3N2O. The fourth-order valence-corrected chi connectivity index (χ4v) is 1.86. The number of aryl methyl sites for hydroxylation is 2. The highest BCUT2D eigenvalue weighted by molar-refractivity contribution is 5.22. The van der Waals surface area contributed by atoms with Crippen molar-refractivity contribution in [2.24, 2.45) is 7.05 Å². The van der Waals surface area contributed by atoms with Gasteiger partial charge in [0.2, 0.25) is 0 Å². The van der Waals surface area contributed by atoms with E-state index in [4.69, 9.17) is 0 Å². The number of nitrogens with zero attached hydrogens (tertiary/aromatic N) is 2. The molecule has 2 aromatic rings. The quantitative estimate of drug-likeness (QED) is 0.867. The zero-order chi connectivity index (χ0) is 14.0. The van der Waals surface area contributed by atoms with Gasteiger partial charge in [-0.2, -0.15) is 0 Å². The van der Waals surface area contributed by atoms with Gasteiger partial charge < -0.3 is 9.67 Å². The summed E-state index contributed by atoms with van der Waals surface area (Å²) in [5, 5.41) is 9.84. The Kier molecular flexibility index (Phi) is 3.90. The minimum absolute atomic E-state index is 0.173. The molecule has 1 heterocycles. The van der Waals surface area contributed by atoms with E-state index in [0.29, 0.717) is 6.42 Å². The number of halogens is 3. The Hall–Kier alpha value is -1.82. The summed E-state index contributed by atoms with van der Waals surface area (Å²) in [7, 11) is 1.80. The first kappa shape index (κ1) is 13.6. The van der Waals surface area contributed by atoms with Crippen LogP contribution < -0.4 is 0 Å². The van der Waals surface area contributed by atoms with Gasteiger partial charge in [-0.3, -0.25) is 0 Å². The summed E-state index contributed by atoms with van der Waals surface area (Å²) in [5.74, 6) is -3.44. The highest BCUT2D eigenvalue weighted by Crippen LogP contribution is 2.24. The van der Waals surface area contributed by atoms with Gasteiger partial charge in [0, 0.05) is 31.4 Å². The second-order valence-corrected chi connectivity index (χ2v) is 4.27. The third-order valence-corrected chi connectivity index (χ3v) is 2.99. The number of aliphatic hydroxyl groups is 1. The van der Waals surface area contributed by atoms with Gasteiger partial charge in [0.25, 0.3) is 0 Å². The summed E-state index contributed by atoms with van der Waals surface area (Å²) >= 11 is 0. The minimum atomic E-state index is -1.56. The molecule has 102 valence electrons. The maximum Gasteiger partial charge on any atom is 0.194 e. The van der Waals surface area contributed by atoms with E-state index in [0.717, 1.165) is 18.0 Å².